The van der Waals surface area contributed by atoms with E-state index in [4.69, 9.17) is 22.9 Å². The van der Waals surface area contributed by atoms with Crippen LogP contribution in [0.4, 0.5) is 8.78 Å². The number of hydrogen-bond donors (Lipinski definition) is 4. The quantitative estimate of drug-likeness (QED) is 0.489. The second-order valence-electron chi connectivity index (χ2n) is 5.60. The molecule has 1 heterocycles. The highest BCUT2D eigenvalue weighted by Gasteiger charge is 2.59. The molecule has 1 aliphatic rings. The second-order valence-corrected chi connectivity index (χ2v) is 5.60. The van der Waals surface area contributed by atoms with Gasteiger partial charge in [0.25, 0.3) is 11.8 Å². The summed E-state index contributed by atoms with van der Waals surface area (Å²) in [5, 5.41) is 0. The Morgan fingerprint density at radius 2 is 1.71 bits per heavy atom. The molecule has 1 aliphatic heterocycles. The predicted octanol–water partition coefficient (Wildman–Crippen LogP) is -1.16. The highest BCUT2D eigenvalue weighted by Crippen LogP contribution is 2.40. The molecule has 0 saturated carbocycles. The Bertz CT molecular complexity index is 409. The number of primary amides is 2. The number of nitrogens with zero attached hydrogens (tertiary/aromatic N) is 1. The van der Waals surface area contributed by atoms with Gasteiger partial charge in [0.1, 0.15) is 11.2 Å². The van der Waals surface area contributed by atoms with Crippen molar-refractivity contribution >= 4 is 11.8 Å². The summed E-state index contributed by atoms with van der Waals surface area (Å²) in [6.45, 7) is 2.32. The summed E-state index contributed by atoms with van der Waals surface area (Å²) in [5.74, 6) is -4.99. The summed E-state index contributed by atoms with van der Waals surface area (Å²) < 4.78 is 27.7. The number of carbonyl (C=O) groups excluding carboxylic acids is 2. The standard InChI is InChI=1S/C12H23F2N5O2/c1-3-11(17,8(15)20)7-5-10(13,14)6-19(7)12(18,4-2)9(16)21/h7H,3-6,17-18H2,1-2H3,(H2,15,20)(H2,16,21). The molecule has 8 N–H and O–H groups in total. The van der Waals surface area contributed by atoms with Gasteiger partial charge in [0.05, 0.1) is 6.54 Å². The fraction of sp³-hybridized carbons (Fsp3) is 0.833. The number of hydrogen-bond acceptors (Lipinski definition) is 5. The van der Waals surface area contributed by atoms with Crippen molar-refractivity contribution in [1.82, 2.24) is 4.90 Å². The van der Waals surface area contributed by atoms with Crippen LogP contribution in [-0.4, -0.2) is 46.4 Å². The molecule has 0 bridgehead atoms. The average molecular weight is 307 g/mol. The van der Waals surface area contributed by atoms with E-state index in [9.17, 15) is 18.4 Å². The van der Waals surface area contributed by atoms with Crippen molar-refractivity contribution in [2.45, 2.75) is 56.3 Å². The molecule has 0 aliphatic carbocycles. The Hall–Kier alpha value is -1.32. The van der Waals surface area contributed by atoms with E-state index in [1.54, 1.807) is 13.8 Å². The maximum absolute atomic E-state index is 13.8. The first-order chi connectivity index (χ1) is 9.44. The van der Waals surface area contributed by atoms with Gasteiger partial charge in [0.2, 0.25) is 5.91 Å². The summed E-state index contributed by atoms with van der Waals surface area (Å²) in [6.07, 6.45) is -0.655. The third kappa shape index (κ3) is 2.85. The fourth-order valence-electron chi connectivity index (χ4n) is 2.79. The molecule has 122 valence electrons. The number of rotatable bonds is 6. The van der Waals surface area contributed by atoms with Gasteiger partial charge in [-0.05, 0) is 12.8 Å². The van der Waals surface area contributed by atoms with Crippen molar-refractivity contribution in [2.75, 3.05) is 6.54 Å². The lowest BCUT2D eigenvalue weighted by molar-refractivity contribution is -0.136. The third-order valence-corrected chi connectivity index (χ3v) is 4.39. The number of alkyl halides is 2. The van der Waals surface area contributed by atoms with E-state index in [1.165, 1.54) is 0 Å². The molecule has 0 aromatic carbocycles. The highest BCUT2D eigenvalue weighted by atomic mass is 19.3. The Balaban J connectivity index is 3.34. The minimum Gasteiger partial charge on any atom is -0.368 e. The average Bonchev–Trinajstić information content (AvgIpc) is 2.73. The van der Waals surface area contributed by atoms with E-state index in [0.717, 1.165) is 4.90 Å². The summed E-state index contributed by atoms with van der Waals surface area (Å²) in [5.41, 5.74) is 18.9. The van der Waals surface area contributed by atoms with E-state index >= 15 is 0 Å². The Labute approximate surface area is 122 Å². The van der Waals surface area contributed by atoms with Gasteiger partial charge in [0.15, 0.2) is 0 Å². The molecule has 1 rings (SSSR count). The second kappa shape index (κ2) is 5.47. The molecule has 3 unspecified atom stereocenters. The van der Waals surface area contributed by atoms with Crippen molar-refractivity contribution in [3.63, 3.8) is 0 Å². The maximum atomic E-state index is 13.8. The molecular weight excluding hydrogens is 284 g/mol. The van der Waals surface area contributed by atoms with E-state index in [2.05, 4.69) is 0 Å². The normalized spacial score (nSPS) is 27.8. The summed E-state index contributed by atoms with van der Waals surface area (Å²) in [6, 6.07) is -1.16. The monoisotopic (exact) mass is 307 g/mol. The van der Waals surface area contributed by atoms with Crippen LogP contribution in [0.3, 0.4) is 0 Å². The zero-order chi connectivity index (χ0) is 16.6. The van der Waals surface area contributed by atoms with Crippen LogP contribution in [0, 0.1) is 0 Å². The molecular formula is C12H23F2N5O2. The Kier molecular flexibility index (Phi) is 4.62. The van der Waals surface area contributed by atoms with Gasteiger partial charge in [-0.2, -0.15) is 0 Å². The van der Waals surface area contributed by atoms with Crippen molar-refractivity contribution < 1.29 is 18.4 Å². The Morgan fingerprint density at radius 1 is 1.19 bits per heavy atom. The first-order valence-corrected chi connectivity index (χ1v) is 6.76. The number of likely N-dealkylation sites (tertiary alicyclic amines) is 1. The van der Waals surface area contributed by atoms with E-state index in [0.29, 0.717) is 0 Å². The third-order valence-electron chi connectivity index (χ3n) is 4.39. The van der Waals surface area contributed by atoms with Gasteiger partial charge >= 0.3 is 0 Å². The number of nitrogens with two attached hydrogens (primary N) is 4. The molecule has 7 nitrogen and oxygen atoms in total. The fourth-order valence-corrected chi connectivity index (χ4v) is 2.79. The van der Waals surface area contributed by atoms with Gasteiger partial charge in [-0.25, -0.2) is 8.78 Å². The van der Waals surface area contributed by atoms with Crippen LogP contribution in [0.2, 0.25) is 0 Å². The Morgan fingerprint density at radius 3 is 2.05 bits per heavy atom. The van der Waals surface area contributed by atoms with Crippen LogP contribution >= 0.6 is 0 Å². The first kappa shape index (κ1) is 17.7. The van der Waals surface area contributed by atoms with Crippen LogP contribution < -0.4 is 22.9 Å². The SMILES string of the molecule is CCC(N)(C(N)=O)C1CC(F)(F)CN1C(N)(CC)C(N)=O. The van der Waals surface area contributed by atoms with Crippen LogP contribution in [0.5, 0.6) is 0 Å². The van der Waals surface area contributed by atoms with E-state index < -0.39 is 47.9 Å². The van der Waals surface area contributed by atoms with Crippen molar-refractivity contribution in [2.24, 2.45) is 22.9 Å². The topological polar surface area (TPSA) is 141 Å². The van der Waals surface area contributed by atoms with E-state index in [1.807, 2.05) is 0 Å². The zero-order valence-electron chi connectivity index (χ0n) is 12.2. The molecule has 2 amide bonds. The molecule has 0 aromatic rings. The van der Waals surface area contributed by atoms with Crippen molar-refractivity contribution in [3.05, 3.63) is 0 Å². The summed E-state index contributed by atoms with van der Waals surface area (Å²) in [4.78, 5) is 24.3. The van der Waals surface area contributed by atoms with Gasteiger partial charge < -0.3 is 22.9 Å². The van der Waals surface area contributed by atoms with Crippen LogP contribution in [0.15, 0.2) is 0 Å². The lowest BCUT2D eigenvalue weighted by Gasteiger charge is -2.44. The minimum atomic E-state index is -3.13. The molecule has 9 heteroatoms. The number of amides is 2. The van der Waals surface area contributed by atoms with Gasteiger partial charge in [0, 0.05) is 12.5 Å². The lowest BCUT2D eigenvalue weighted by atomic mass is 9.84. The first-order valence-electron chi connectivity index (χ1n) is 6.76. The van der Waals surface area contributed by atoms with E-state index in [-0.39, 0.29) is 12.8 Å². The summed E-state index contributed by atoms with van der Waals surface area (Å²) >= 11 is 0. The molecule has 1 saturated heterocycles. The maximum Gasteiger partial charge on any atom is 0.262 e. The van der Waals surface area contributed by atoms with Crippen molar-refractivity contribution in [1.29, 1.82) is 0 Å². The van der Waals surface area contributed by atoms with Crippen LogP contribution in [0.1, 0.15) is 33.1 Å². The highest BCUT2D eigenvalue weighted by molar-refractivity contribution is 5.87. The minimum absolute atomic E-state index is 0.00741. The van der Waals surface area contributed by atoms with Crippen LogP contribution in [0.25, 0.3) is 0 Å². The number of carbonyl (C=O) groups is 2. The molecule has 0 spiro atoms. The smallest absolute Gasteiger partial charge is 0.262 e. The largest absolute Gasteiger partial charge is 0.368 e. The molecule has 3 atom stereocenters. The van der Waals surface area contributed by atoms with Crippen molar-refractivity contribution in [3.8, 4) is 0 Å². The van der Waals surface area contributed by atoms with Gasteiger partial charge in [-0.1, -0.05) is 13.8 Å². The molecule has 0 radical (unpaired) electrons. The molecule has 0 aromatic heterocycles. The zero-order valence-corrected chi connectivity index (χ0v) is 12.2. The lowest BCUT2D eigenvalue weighted by Crippen LogP contribution is -2.72. The molecule has 21 heavy (non-hydrogen) atoms. The number of halogens is 2. The van der Waals surface area contributed by atoms with Gasteiger partial charge in [-0.15, -0.1) is 0 Å². The molecule has 1 fully saturated rings. The summed E-state index contributed by atoms with van der Waals surface area (Å²) in [7, 11) is 0. The van der Waals surface area contributed by atoms with Crippen LogP contribution in [-0.2, 0) is 9.59 Å². The predicted molar refractivity (Wildman–Crippen MR) is 72.9 cm³/mol. The van der Waals surface area contributed by atoms with Gasteiger partial charge in [-0.3, -0.25) is 14.5 Å².